The zero-order valence-corrected chi connectivity index (χ0v) is 11.3. The minimum atomic E-state index is -1.50. The Balaban J connectivity index is 2.88. The normalized spacial score (nSPS) is 15.7. The third-order valence-electron chi connectivity index (χ3n) is 1.74. The van der Waals surface area contributed by atoms with Crippen molar-refractivity contribution in [2.75, 3.05) is 6.16 Å². The van der Waals surface area contributed by atoms with Gasteiger partial charge in [-0.3, -0.25) is 0 Å². The molecular weight excluding hydrogens is 265 g/mol. The summed E-state index contributed by atoms with van der Waals surface area (Å²) in [5.74, 6) is 0.646. The molecule has 1 aromatic rings. The molecule has 0 bridgehead atoms. The van der Waals surface area contributed by atoms with E-state index in [2.05, 4.69) is 41.1 Å². The van der Waals surface area contributed by atoms with Crippen molar-refractivity contribution < 1.29 is 0 Å². The van der Waals surface area contributed by atoms with Gasteiger partial charge in [0.15, 0.2) is 0 Å². The molecule has 1 unspecified atom stereocenters. The third-order valence-corrected chi connectivity index (χ3v) is 7.28. The van der Waals surface area contributed by atoms with Crippen LogP contribution in [0, 0.1) is 5.92 Å². The summed E-state index contributed by atoms with van der Waals surface area (Å²) in [6.45, 7) is 4.41. The second kappa shape index (κ2) is 4.80. The van der Waals surface area contributed by atoms with E-state index in [9.17, 15) is 0 Å². The van der Waals surface area contributed by atoms with Gasteiger partial charge in [-0.1, -0.05) is 0 Å². The first-order valence-corrected chi connectivity index (χ1v) is 9.46. The SMILES string of the molecule is CC(C)CP(Cl)(=[Se])c1ccccc1. The van der Waals surface area contributed by atoms with E-state index in [0.717, 1.165) is 6.16 Å². The van der Waals surface area contributed by atoms with Crippen molar-refractivity contribution in [1.82, 2.24) is 0 Å². The molecule has 0 fully saturated rings. The van der Waals surface area contributed by atoms with Gasteiger partial charge in [0.1, 0.15) is 0 Å². The Morgan fingerprint density at radius 3 is 2.31 bits per heavy atom. The Morgan fingerprint density at radius 1 is 1.31 bits per heavy atom. The van der Waals surface area contributed by atoms with Gasteiger partial charge in [0.25, 0.3) is 0 Å². The molecule has 0 aliphatic rings. The Kier molecular flexibility index (Phi) is 4.26. The predicted molar refractivity (Wildman–Crippen MR) is 64.3 cm³/mol. The fourth-order valence-electron chi connectivity index (χ4n) is 1.23. The molecule has 1 atom stereocenters. The molecule has 0 spiro atoms. The van der Waals surface area contributed by atoms with Crippen LogP contribution < -0.4 is 5.30 Å². The van der Waals surface area contributed by atoms with Crippen molar-refractivity contribution >= 4 is 36.5 Å². The van der Waals surface area contributed by atoms with Crippen LogP contribution in [0.25, 0.3) is 0 Å². The minimum absolute atomic E-state index is 0.646. The summed E-state index contributed by atoms with van der Waals surface area (Å²) in [5.41, 5.74) is 0. The fourth-order valence-corrected chi connectivity index (χ4v) is 6.80. The zero-order chi connectivity index (χ0) is 9.90. The molecule has 1 aromatic carbocycles. The van der Waals surface area contributed by atoms with Crippen LogP contribution in [0.3, 0.4) is 0 Å². The van der Waals surface area contributed by atoms with Gasteiger partial charge in [-0.15, -0.1) is 0 Å². The van der Waals surface area contributed by atoms with Crippen molar-refractivity contribution in [3.63, 3.8) is 0 Å². The Bertz CT molecular complexity index is 308. The van der Waals surface area contributed by atoms with Crippen molar-refractivity contribution in [3.05, 3.63) is 30.3 Å². The molecule has 0 radical (unpaired) electrons. The number of hydrogen-bond donors (Lipinski definition) is 0. The summed E-state index contributed by atoms with van der Waals surface area (Å²) >= 11 is 9.69. The molecule has 0 aromatic heterocycles. The van der Waals surface area contributed by atoms with Gasteiger partial charge in [0, 0.05) is 0 Å². The van der Waals surface area contributed by atoms with Gasteiger partial charge in [0.05, 0.1) is 0 Å². The summed E-state index contributed by atoms with van der Waals surface area (Å²) in [6.07, 6.45) is 1.07. The number of hydrogen-bond acceptors (Lipinski definition) is 0. The van der Waals surface area contributed by atoms with E-state index in [0.29, 0.717) is 5.92 Å². The molecule has 3 heteroatoms. The van der Waals surface area contributed by atoms with Gasteiger partial charge >= 0.3 is 92.8 Å². The van der Waals surface area contributed by atoms with Crippen molar-refractivity contribution in [1.29, 1.82) is 0 Å². The van der Waals surface area contributed by atoms with E-state index in [-0.39, 0.29) is 0 Å². The van der Waals surface area contributed by atoms with Crippen LogP contribution in [0.4, 0.5) is 0 Å². The topological polar surface area (TPSA) is 0 Å². The molecule has 0 amide bonds. The van der Waals surface area contributed by atoms with E-state index in [1.54, 1.807) is 0 Å². The van der Waals surface area contributed by atoms with Gasteiger partial charge in [-0.05, 0) is 0 Å². The van der Waals surface area contributed by atoms with Gasteiger partial charge in [-0.2, -0.15) is 0 Å². The molecule has 0 saturated carbocycles. The number of halogens is 1. The number of benzene rings is 1. The molecule has 1 rings (SSSR count). The molecule has 13 heavy (non-hydrogen) atoms. The van der Waals surface area contributed by atoms with Crippen LogP contribution in [0.1, 0.15) is 13.8 Å². The standard InChI is InChI=1S/C10H14ClPSe/c1-9(2)8-12(11,13)10-6-4-3-5-7-10/h3-7,9H,8H2,1-2H3. The predicted octanol–water partition coefficient (Wildman–Crippen LogP) is 3.22. The monoisotopic (exact) mass is 280 g/mol. The van der Waals surface area contributed by atoms with Gasteiger partial charge in [0.2, 0.25) is 0 Å². The summed E-state index contributed by atoms with van der Waals surface area (Å²) < 4.78 is 0. The average Bonchev–Trinajstić information content (AvgIpc) is 2.04. The third kappa shape index (κ3) is 3.60. The first-order chi connectivity index (χ1) is 6.02. The van der Waals surface area contributed by atoms with E-state index in [1.165, 1.54) is 5.30 Å². The quantitative estimate of drug-likeness (QED) is 0.589. The molecule has 0 aliphatic heterocycles. The van der Waals surface area contributed by atoms with Crippen LogP contribution in [0.2, 0.25) is 0 Å². The fraction of sp³-hybridized carbons (Fsp3) is 0.400. The molecule has 0 N–H and O–H groups in total. The molecule has 0 aliphatic carbocycles. The maximum absolute atomic E-state index is 6.51. The first-order valence-electron chi connectivity index (χ1n) is 4.37. The van der Waals surface area contributed by atoms with E-state index < -0.39 is 4.86 Å². The van der Waals surface area contributed by atoms with E-state index in [1.807, 2.05) is 18.2 Å². The van der Waals surface area contributed by atoms with E-state index in [4.69, 9.17) is 11.2 Å². The molecular formula is C10H14ClPSe. The van der Waals surface area contributed by atoms with Gasteiger partial charge in [-0.25, -0.2) is 0 Å². The van der Waals surface area contributed by atoms with Crippen LogP contribution in [0.5, 0.6) is 0 Å². The molecule has 0 nitrogen and oxygen atoms in total. The van der Waals surface area contributed by atoms with Gasteiger partial charge < -0.3 is 0 Å². The molecule has 0 saturated heterocycles. The molecule has 0 heterocycles. The summed E-state index contributed by atoms with van der Waals surface area (Å²) in [4.78, 5) is -1.50. The second-order valence-electron chi connectivity index (χ2n) is 3.56. The van der Waals surface area contributed by atoms with Crippen molar-refractivity contribution in [3.8, 4) is 0 Å². The Morgan fingerprint density at radius 2 is 1.85 bits per heavy atom. The molecule has 72 valence electrons. The van der Waals surface area contributed by atoms with Crippen LogP contribution >= 0.6 is 16.1 Å². The Hall–Kier alpha value is 0.459. The number of rotatable bonds is 3. The van der Waals surface area contributed by atoms with Crippen LogP contribution in [0.15, 0.2) is 30.3 Å². The van der Waals surface area contributed by atoms with Crippen LogP contribution in [-0.2, 0) is 0 Å². The summed E-state index contributed by atoms with van der Waals surface area (Å²) in [7, 11) is 0. The zero-order valence-electron chi connectivity index (χ0n) is 7.90. The summed E-state index contributed by atoms with van der Waals surface area (Å²) in [5, 5.41) is 1.27. The summed E-state index contributed by atoms with van der Waals surface area (Å²) in [6, 6.07) is 10.3. The van der Waals surface area contributed by atoms with Crippen LogP contribution in [-0.4, -0.2) is 21.3 Å². The second-order valence-corrected chi connectivity index (χ2v) is 12.8. The Labute approximate surface area is 92.7 Å². The average molecular weight is 280 g/mol. The maximum atomic E-state index is 6.51. The van der Waals surface area contributed by atoms with Crippen molar-refractivity contribution in [2.24, 2.45) is 5.92 Å². The van der Waals surface area contributed by atoms with E-state index >= 15 is 0 Å². The first kappa shape index (κ1) is 11.5. The van der Waals surface area contributed by atoms with Crippen molar-refractivity contribution in [2.45, 2.75) is 13.8 Å².